The molecule has 3 heteroatoms. The third-order valence-electron chi connectivity index (χ3n) is 4.18. The van der Waals surface area contributed by atoms with Crippen LogP contribution in [0.1, 0.15) is 90.0 Å². The Morgan fingerprint density at radius 2 is 0.920 bits per heavy atom. The van der Waals surface area contributed by atoms with Gasteiger partial charge < -0.3 is 4.43 Å². The van der Waals surface area contributed by atoms with Crippen molar-refractivity contribution in [3.8, 4) is 0 Å². The summed E-state index contributed by atoms with van der Waals surface area (Å²) in [6.07, 6.45) is 0. The van der Waals surface area contributed by atoms with Gasteiger partial charge in [0, 0.05) is 6.61 Å². The molecule has 0 amide bonds. The summed E-state index contributed by atoms with van der Waals surface area (Å²) in [6.45, 7) is 32.2. The third-order valence-corrected chi connectivity index (χ3v) is 19.0. The summed E-state index contributed by atoms with van der Waals surface area (Å²) in [6, 6.07) is 5.39. The molecule has 1 radical (unpaired) electrons. The Morgan fingerprint density at radius 1 is 0.600 bits per heavy atom. The molecule has 0 atom stereocenters. The summed E-state index contributed by atoms with van der Waals surface area (Å²) in [4.78, 5) is 0. The highest BCUT2D eigenvalue weighted by Gasteiger charge is 2.50. The van der Waals surface area contributed by atoms with Gasteiger partial charge >= 0.3 is 0 Å². The van der Waals surface area contributed by atoms with E-state index in [1.54, 1.807) is 0 Å². The van der Waals surface area contributed by atoms with Gasteiger partial charge in [-0.25, -0.2) is 0 Å². The molecule has 0 rings (SSSR count). The Morgan fingerprint density at radius 3 is 1.12 bits per heavy atom. The van der Waals surface area contributed by atoms with Crippen molar-refractivity contribution in [1.82, 2.24) is 0 Å². The number of hydrogen-bond acceptors (Lipinski definition) is 1. The van der Waals surface area contributed by atoms with Gasteiger partial charge in [0.05, 0.1) is 8.31 Å². The second-order valence-electron chi connectivity index (χ2n) is 13.0. The zero-order valence-corrected chi connectivity index (χ0v) is 21.9. The van der Waals surface area contributed by atoms with Crippen molar-refractivity contribution < 1.29 is 4.43 Å². The quantitative estimate of drug-likeness (QED) is 0.407. The molecule has 0 bridgehead atoms. The van der Waals surface area contributed by atoms with Crippen LogP contribution in [0, 0.1) is 21.7 Å². The molecule has 25 heavy (non-hydrogen) atoms. The summed E-state index contributed by atoms with van der Waals surface area (Å²) in [5, 5.41) is 0. The van der Waals surface area contributed by atoms with Crippen LogP contribution in [0.2, 0.25) is 24.2 Å². The van der Waals surface area contributed by atoms with Crippen molar-refractivity contribution in [2.24, 2.45) is 21.7 Å². The summed E-state index contributed by atoms with van der Waals surface area (Å²) in [5.74, 6) is 0. The van der Waals surface area contributed by atoms with Crippen molar-refractivity contribution in [2.75, 3.05) is 6.61 Å². The van der Waals surface area contributed by atoms with E-state index < -0.39 is 16.1 Å². The zero-order valence-electron chi connectivity index (χ0n) is 19.9. The second-order valence-corrected chi connectivity index (χ2v) is 22.7. The van der Waals surface area contributed by atoms with E-state index in [0.717, 1.165) is 6.61 Å². The molecule has 0 heterocycles. The first kappa shape index (κ1) is 25.4. The first-order valence-electron chi connectivity index (χ1n) is 10.3. The van der Waals surface area contributed by atoms with Crippen LogP contribution in [-0.4, -0.2) is 22.8 Å². The lowest BCUT2D eigenvalue weighted by molar-refractivity contribution is 0.294. The van der Waals surface area contributed by atoms with E-state index in [1.165, 1.54) is 24.2 Å². The Kier molecular flexibility index (Phi) is 8.74. The van der Waals surface area contributed by atoms with Gasteiger partial charge in [-0.3, -0.25) is 0 Å². The van der Waals surface area contributed by atoms with Gasteiger partial charge in [-0.1, -0.05) is 95.2 Å². The Bertz CT molecular complexity index is 356. The van der Waals surface area contributed by atoms with Crippen molar-refractivity contribution >= 4 is 16.1 Å². The molecular formula is C22H49OSi2. The molecule has 0 aromatic heterocycles. The standard InChI is InChI=1S/C22H49OSi2/c1-14-23-25(17-21(8,9)10,18-22(11,12)13)24(15-19(2,3)4)16-20(5,6)7/h14-18H2,1-13H3. The van der Waals surface area contributed by atoms with E-state index in [1.807, 2.05) is 0 Å². The molecule has 0 aromatic carbocycles. The lowest BCUT2D eigenvalue weighted by Crippen LogP contribution is -2.59. The van der Waals surface area contributed by atoms with Gasteiger partial charge in [0.2, 0.25) is 0 Å². The summed E-state index contributed by atoms with van der Waals surface area (Å²) >= 11 is 0. The van der Waals surface area contributed by atoms with E-state index in [9.17, 15) is 0 Å². The predicted molar refractivity (Wildman–Crippen MR) is 120 cm³/mol. The lowest BCUT2D eigenvalue weighted by Gasteiger charge is -2.47. The monoisotopic (exact) mass is 385 g/mol. The molecule has 0 aliphatic heterocycles. The highest BCUT2D eigenvalue weighted by molar-refractivity contribution is 7.30. The van der Waals surface area contributed by atoms with Gasteiger partial charge in [0.1, 0.15) is 0 Å². The van der Waals surface area contributed by atoms with Gasteiger partial charge in [0.15, 0.2) is 7.83 Å². The van der Waals surface area contributed by atoms with E-state index in [-0.39, 0.29) is 0 Å². The van der Waals surface area contributed by atoms with Crippen molar-refractivity contribution in [2.45, 2.75) is 114 Å². The van der Waals surface area contributed by atoms with Crippen molar-refractivity contribution in [3.63, 3.8) is 0 Å². The fraction of sp³-hybridized carbons (Fsp3) is 1.00. The van der Waals surface area contributed by atoms with Gasteiger partial charge in [-0.05, 0) is 40.7 Å². The van der Waals surface area contributed by atoms with Crippen molar-refractivity contribution in [1.29, 1.82) is 0 Å². The second kappa shape index (κ2) is 8.60. The SMILES string of the molecule is CCO[Si](CC(C)(C)C)(CC(C)(C)C)[Si](CC(C)(C)C)CC(C)(C)C. The smallest absolute Gasteiger partial charge is 0.178 e. The minimum absolute atomic E-state index is 0.346. The van der Waals surface area contributed by atoms with Crippen LogP contribution in [0.3, 0.4) is 0 Å². The average molecular weight is 386 g/mol. The van der Waals surface area contributed by atoms with E-state index >= 15 is 0 Å². The first-order valence-corrected chi connectivity index (χ1v) is 15.5. The molecule has 0 unspecified atom stereocenters. The molecule has 0 aliphatic carbocycles. The Balaban J connectivity index is 6.16. The fourth-order valence-corrected chi connectivity index (χ4v) is 23.4. The molecular weight excluding hydrogens is 336 g/mol. The molecule has 0 saturated carbocycles. The lowest BCUT2D eigenvalue weighted by atomic mass is 10.00. The maximum atomic E-state index is 6.92. The van der Waals surface area contributed by atoms with Crippen molar-refractivity contribution in [3.05, 3.63) is 0 Å². The molecule has 0 spiro atoms. The molecule has 0 aromatic rings. The fourth-order valence-electron chi connectivity index (χ4n) is 4.17. The normalized spacial score (nSPS) is 15.1. The summed E-state index contributed by atoms with van der Waals surface area (Å²) in [5.41, 5.74) is 1.48. The third kappa shape index (κ3) is 11.7. The topological polar surface area (TPSA) is 9.23 Å². The first-order chi connectivity index (χ1) is 10.8. The minimum Gasteiger partial charge on any atom is -0.420 e. The van der Waals surface area contributed by atoms with Crippen LogP contribution in [0.4, 0.5) is 0 Å². The molecule has 0 saturated heterocycles. The van der Waals surface area contributed by atoms with Crippen LogP contribution in [0.25, 0.3) is 0 Å². The summed E-state index contributed by atoms with van der Waals surface area (Å²) in [7, 11) is -2.38. The van der Waals surface area contributed by atoms with E-state index in [4.69, 9.17) is 4.43 Å². The van der Waals surface area contributed by atoms with Crippen LogP contribution in [0.15, 0.2) is 0 Å². The van der Waals surface area contributed by atoms with Crippen LogP contribution >= 0.6 is 0 Å². The summed E-state index contributed by atoms with van der Waals surface area (Å²) < 4.78 is 6.92. The highest BCUT2D eigenvalue weighted by atomic mass is 29.2. The maximum absolute atomic E-state index is 6.92. The highest BCUT2D eigenvalue weighted by Crippen LogP contribution is 2.44. The molecule has 0 aliphatic rings. The van der Waals surface area contributed by atoms with Crippen LogP contribution < -0.4 is 0 Å². The number of rotatable bonds is 7. The van der Waals surface area contributed by atoms with Crippen LogP contribution in [-0.2, 0) is 4.43 Å². The molecule has 0 fully saturated rings. The largest absolute Gasteiger partial charge is 0.420 e. The Labute approximate surface area is 163 Å². The number of hydrogen-bond donors (Lipinski definition) is 0. The molecule has 151 valence electrons. The van der Waals surface area contributed by atoms with E-state index in [0.29, 0.717) is 21.7 Å². The average Bonchev–Trinajstić information content (AvgIpc) is 2.18. The van der Waals surface area contributed by atoms with Gasteiger partial charge in [0.25, 0.3) is 0 Å². The Hall–Kier alpha value is 0.394. The van der Waals surface area contributed by atoms with Crippen LogP contribution in [0.5, 0.6) is 0 Å². The molecule has 0 N–H and O–H groups in total. The predicted octanol–water partition coefficient (Wildman–Crippen LogP) is 7.73. The zero-order chi connectivity index (χ0) is 20.3. The molecule has 1 nitrogen and oxygen atoms in total. The maximum Gasteiger partial charge on any atom is 0.178 e. The van der Waals surface area contributed by atoms with Gasteiger partial charge in [-0.2, -0.15) is 0 Å². The van der Waals surface area contributed by atoms with E-state index in [2.05, 4.69) is 90.0 Å². The van der Waals surface area contributed by atoms with Gasteiger partial charge in [-0.15, -0.1) is 0 Å². The minimum atomic E-state index is -1.81.